The van der Waals surface area contributed by atoms with Crippen molar-refractivity contribution < 1.29 is 19.0 Å². The summed E-state index contributed by atoms with van der Waals surface area (Å²) in [6.45, 7) is 15.1. The summed E-state index contributed by atoms with van der Waals surface area (Å²) in [6, 6.07) is 0. The van der Waals surface area contributed by atoms with Gasteiger partial charge in [-0.3, -0.25) is 0 Å². The van der Waals surface area contributed by atoms with Gasteiger partial charge in [0.1, 0.15) is 6.10 Å². The zero-order chi connectivity index (χ0) is 17.1. The molecule has 0 saturated carbocycles. The molecule has 0 aromatic carbocycles. The summed E-state index contributed by atoms with van der Waals surface area (Å²) in [5.41, 5.74) is 1.38. The molecule has 0 aromatic heterocycles. The van der Waals surface area contributed by atoms with Gasteiger partial charge < -0.3 is 14.2 Å². The van der Waals surface area contributed by atoms with Crippen LogP contribution in [0.3, 0.4) is 0 Å². The largest absolute Gasteiger partial charge is 0.454 e. The quantitative estimate of drug-likeness (QED) is 0.502. The highest BCUT2D eigenvalue weighted by Crippen LogP contribution is 2.38. The van der Waals surface area contributed by atoms with E-state index in [4.69, 9.17) is 14.2 Å². The first kappa shape index (κ1) is 18.0. The van der Waals surface area contributed by atoms with E-state index < -0.39 is 5.79 Å². The molecule has 1 aliphatic carbocycles. The predicted molar refractivity (Wildman–Crippen MR) is 89.9 cm³/mol. The number of carbonyl (C=O) groups is 1. The molecular formula is C19H28O4. The lowest BCUT2D eigenvalue weighted by molar-refractivity contribution is -0.152. The Bertz CT molecular complexity index is 509. The Hall–Kier alpha value is -1.39. The van der Waals surface area contributed by atoms with Crippen LogP contribution in [0.15, 0.2) is 36.5 Å². The van der Waals surface area contributed by atoms with Gasteiger partial charge in [-0.2, -0.15) is 0 Å². The zero-order valence-corrected chi connectivity index (χ0v) is 14.5. The molecule has 0 bridgehead atoms. The van der Waals surface area contributed by atoms with Gasteiger partial charge in [-0.1, -0.05) is 39.2 Å². The van der Waals surface area contributed by atoms with Crippen molar-refractivity contribution in [2.75, 3.05) is 13.2 Å². The summed E-state index contributed by atoms with van der Waals surface area (Å²) in [5, 5.41) is 0. The van der Waals surface area contributed by atoms with Crippen molar-refractivity contribution >= 4 is 5.97 Å². The summed E-state index contributed by atoms with van der Waals surface area (Å²) >= 11 is 0. The predicted octanol–water partition coefficient (Wildman–Crippen LogP) is 3.93. The molecule has 0 amide bonds. The Balaban J connectivity index is 1.99. The normalized spacial score (nSPS) is 21.1. The zero-order valence-electron chi connectivity index (χ0n) is 14.5. The van der Waals surface area contributed by atoms with Crippen molar-refractivity contribution in [2.45, 2.75) is 58.3 Å². The summed E-state index contributed by atoms with van der Waals surface area (Å²) in [6.07, 6.45) is 6.50. The highest BCUT2D eigenvalue weighted by Gasteiger charge is 2.41. The van der Waals surface area contributed by atoms with E-state index in [-0.39, 0.29) is 17.5 Å². The molecule has 0 aromatic rings. The SMILES string of the molecule is C=C[C@H](OC(=O)C1=CCC1)C(C)(C)CCC1(C(=C)C)OCCO1. The van der Waals surface area contributed by atoms with Crippen molar-refractivity contribution in [3.05, 3.63) is 36.5 Å². The van der Waals surface area contributed by atoms with Crippen LogP contribution in [0.2, 0.25) is 0 Å². The molecule has 1 saturated heterocycles. The van der Waals surface area contributed by atoms with Crippen molar-refractivity contribution in [2.24, 2.45) is 5.41 Å². The lowest BCUT2D eigenvalue weighted by Gasteiger charge is -2.36. The molecule has 1 aliphatic heterocycles. The molecule has 1 heterocycles. The minimum Gasteiger partial charge on any atom is -0.454 e. The molecule has 2 rings (SSSR count). The summed E-state index contributed by atoms with van der Waals surface area (Å²) in [7, 11) is 0. The van der Waals surface area contributed by atoms with Gasteiger partial charge in [0, 0.05) is 17.4 Å². The first-order chi connectivity index (χ1) is 10.8. The van der Waals surface area contributed by atoms with E-state index in [0.717, 1.165) is 30.4 Å². The van der Waals surface area contributed by atoms with Crippen LogP contribution in [0.25, 0.3) is 0 Å². The van der Waals surface area contributed by atoms with Gasteiger partial charge in [-0.15, -0.1) is 0 Å². The topological polar surface area (TPSA) is 44.8 Å². The summed E-state index contributed by atoms with van der Waals surface area (Å²) in [5.74, 6) is -0.930. The van der Waals surface area contributed by atoms with E-state index >= 15 is 0 Å². The molecule has 0 spiro atoms. The van der Waals surface area contributed by atoms with Crippen molar-refractivity contribution in [3.63, 3.8) is 0 Å². The number of esters is 1. The molecular weight excluding hydrogens is 292 g/mol. The third kappa shape index (κ3) is 3.93. The van der Waals surface area contributed by atoms with Crippen LogP contribution in [-0.2, 0) is 19.0 Å². The maximum atomic E-state index is 12.1. The smallest absolute Gasteiger partial charge is 0.334 e. The van der Waals surface area contributed by atoms with Crippen molar-refractivity contribution in [1.82, 2.24) is 0 Å². The molecule has 2 aliphatic rings. The number of hydrogen-bond acceptors (Lipinski definition) is 4. The number of rotatable bonds is 8. The second-order valence-corrected chi connectivity index (χ2v) is 7.05. The third-order valence-electron chi connectivity index (χ3n) is 4.79. The molecule has 128 valence electrons. The molecule has 1 fully saturated rings. The van der Waals surface area contributed by atoms with Crippen molar-refractivity contribution in [3.8, 4) is 0 Å². The fraction of sp³-hybridized carbons (Fsp3) is 0.632. The van der Waals surface area contributed by atoms with Gasteiger partial charge in [-0.25, -0.2) is 4.79 Å². The minimum atomic E-state index is -0.705. The molecule has 0 N–H and O–H groups in total. The highest BCUT2D eigenvalue weighted by atomic mass is 16.7. The lowest BCUT2D eigenvalue weighted by atomic mass is 9.79. The average Bonchev–Trinajstić information content (AvgIpc) is 2.91. The lowest BCUT2D eigenvalue weighted by Crippen LogP contribution is -2.38. The van der Waals surface area contributed by atoms with Crippen molar-refractivity contribution in [1.29, 1.82) is 0 Å². The fourth-order valence-electron chi connectivity index (χ4n) is 2.88. The number of hydrogen-bond donors (Lipinski definition) is 0. The molecule has 4 nitrogen and oxygen atoms in total. The van der Waals surface area contributed by atoms with Crippen LogP contribution >= 0.6 is 0 Å². The maximum Gasteiger partial charge on any atom is 0.334 e. The van der Waals surface area contributed by atoms with Gasteiger partial charge >= 0.3 is 5.97 Å². The fourth-order valence-corrected chi connectivity index (χ4v) is 2.88. The Morgan fingerprint density at radius 1 is 1.48 bits per heavy atom. The average molecular weight is 320 g/mol. The van der Waals surface area contributed by atoms with E-state index in [1.165, 1.54) is 0 Å². The van der Waals surface area contributed by atoms with E-state index in [0.29, 0.717) is 19.6 Å². The van der Waals surface area contributed by atoms with E-state index in [9.17, 15) is 4.79 Å². The Morgan fingerprint density at radius 2 is 2.09 bits per heavy atom. The van der Waals surface area contributed by atoms with Crippen LogP contribution in [0.4, 0.5) is 0 Å². The Labute approximate surface area is 139 Å². The third-order valence-corrected chi connectivity index (χ3v) is 4.79. The molecule has 23 heavy (non-hydrogen) atoms. The minimum absolute atomic E-state index is 0.225. The molecule has 0 radical (unpaired) electrons. The van der Waals surface area contributed by atoms with Gasteiger partial charge in [0.15, 0.2) is 5.79 Å². The van der Waals surface area contributed by atoms with Gasteiger partial charge in [0.2, 0.25) is 0 Å². The maximum absolute atomic E-state index is 12.1. The summed E-state index contributed by atoms with van der Waals surface area (Å²) in [4.78, 5) is 12.1. The van der Waals surface area contributed by atoms with Crippen LogP contribution in [0.5, 0.6) is 0 Å². The van der Waals surface area contributed by atoms with Crippen LogP contribution in [0.1, 0.15) is 46.5 Å². The van der Waals surface area contributed by atoms with E-state index in [2.05, 4.69) is 27.0 Å². The summed E-state index contributed by atoms with van der Waals surface area (Å²) < 4.78 is 17.2. The highest BCUT2D eigenvalue weighted by molar-refractivity contribution is 5.90. The van der Waals surface area contributed by atoms with Crippen LogP contribution < -0.4 is 0 Å². The van der Waals surface area contributed by atoms with Gasteiger partial charge in [-0.05, 0) is 31.8 Å². The first-order valence-electron chi connectivity index (χ1n) is 8.27. The number of allylic oxidation sites excluding steroid dienone is 1. The monoisotopic (exact) mass is 320 g/mol. The van der Waals surface area contributed by atoms with Crippen LogP contribution in [0, 0.1) is 5.41 Å². The Morgan fingerprint density at radius 3 is 2.52 bits per heavy atom. The Kier molecular flexibility index (Phi) is 5.48. The van der Waals surface area contributed by atoms with E-state index in [1.54, 1.807) is 6.08 Å². The second kappa shape index (κ2) is 7.02. The molecule has 0 unspecified atom stereocenters. The standard InChI is InChI=1S/C19H28O4/c1-6-16(23-17(20)15-8-7-9-15)18(4,5)10-11-19(14(2)3)21-12-13-22-19/h6,8,16H,1-2,7,9-13H2,3-5H3/t16-/m0/s1. The first-order valence-corrected chi connectivity index (χ1v) is 8.27. The van der Waals surface area contributed by atoms with Gasteiger partial charge in [0.05, 0.1) is 13.2 Å². The second-order valence-electron chi connectivity index (χ2n) is 7.05. The molecule has 1 atom stereocenters. The number of ether oxygens (including phenoxy) is 3. The van der Waals surface area contributed by atoms with E-state index in [1.807, 2.05) is 13.0 Å². The number of carbonyl (C=O) groups excluding carboxylic acids is 1. The van der Waals surface area contributed by atoms with Gasteiger partial charge in [0.25, 0.3) is 0 Å². The molecule has 4 heteroatoms. The van der Waals surface area contributed by atoms with Crippen LogP contribution in [-0.4, -0.2) is 31.1 Å².